The summed E-state index contributed by atoms with van der Waals surface area (Å²) >= 11 is 0. The maximum Gasteiger partial charge on any atom is 0.240 e. The Morgan fingerprint density at radius 1 is 1.05 bits per heavy atom. The first kappa shape index (κ1) is 26.1. The maximum absolute atomic E-state index is 16.2. The van der Waals surface area contributed by atoms with Gasteiger partial charge in [-0.25, -0.2) is 8.78 Å². The average molecular weight is 536 g/mol. The van der Waals surface area contributed by atoms with E-state index in [2.05, 4.69) is 10.3 Å². The van der Waals surface area contributed by atoms with Gasteiger partial charge in [-0.05, 0) is 55.7 Å². The number of hydrogen-bond donors (Lipinski definition) is 2. The van der Waals surface area contributed by atoms with Crippen LogP contribution in [0.2, 0.25) is 0 Å². The fraction of sp³-hybridized carbons (Fsp3) is 0.276. The normalized spacial score (nSPS) is 19.3. The van der Waals surface area contributed by atoms with Gasteiger partial charge in [0.05, 0.1) is 19.7 Å². The molecule has 2 aliphatic rings. The van der Waals surface area contributed by atoms with Crippen LogP contribution in [0.15, 0.2) is 60.5 Å². The second-order valence-electron chi connectivity index (χ2n) is 9.67. The molecule has 202 valence electrons. The van der Waals surface area contributed by atoms with E-state index in [1.165, 1.54) is 38.5 Å². The molecule has 8 nitrogen and oxygen atoms in total. The monoisotopic (exact) mass is 535 g/mol. The molecule has 39 heavy (non-hydrogen) atoms. The zero-order chi connectivity index (χ0) is 27.9. The summed E-state index contributed by atoms with van der Waals surface area (Å²) in [6, 6.07) is 7.36. The number of halogens is 2. The van der Waals surface area contributed by atoms with Crippen molar-refractivity contribution >= 4 is 22.7 Å². The van der Waals surface area contributed by atoms with Gasteiger partial charge in [0.2, 0.25) is 11.8 Å². The van der Waals surface area contributed by atoms with Crippen LogP contribution in [-0.2, 0) is 15.3 Å². The van der Waals surface area contributed by atoms with Gasteiger partial charge in [0.25, 0.3) is 0 Å². The number of primary amides is 1. The van der Waals surface area contributed by atoms with E-state index in [4.69, 9.17) is 19.9 Å². The number of fused-ring (bicyclic) bond motifs is 1. The lowest BCUT2D eigenvalue weighted by molar-refractivity contribution is -0.134. The standard InChI is InChI=1S/C29H27F2N3O5/c1-16-20(29(31)7-4-18(5-8-29)34-27(36)28(9-10-28)26(32)35)12-17(30)13-23(16)39-22-6-11-33-21-15-25(38-3)24(37-2)14-19(21)22/h4-7,11-15H,8-10H2,1-3H3,(H2,32,35)(H,34,36). The van der Waals surface area contributed by atoms with Crippen molar-refractivity contribution in [3.8, 4) is 23.0 Å². The first-order valence-electron chi connectivity index (χ1n) is 12.3. The average Bonchev–Trinajstić information content (AvgIpc) is 3.74. The van der Waals surface area contributed by atoms with E-state index in [0.29, 0.717) is 52.3 Å². The van der Waals surface area contributed by atoms with E-state index in [0.717, 1.165) is 6.07 Å². The van der Waals surface area contributed by atoms with Gasteiger partial charge in [0, 0.05) is 41.4 Å². The number of carbonyl (C=O) groups is 2. The molecule has 2 aromatic carbocycles. The molecule has 10 heteroatoms. The molecule has 2 aliphatic carbocycles. The molecule has 0 radical (unpaired) electrons. The van der Waals surface area contributed by atoms with Gasteiger partial charge in [-0.2, -0.15) is 0 Å². The molecule has 1 unspecified atom stereocenters. The first-order chi connectivity index (χ1) is 18.6. The Morgan fingerprint density at radius 2 is 1.77 bits per heavy atom. The molecule has 5 rings (SSSR count). The minimum atomic E-state index is -2.06. The number of aromatic nitrogens is 1. The van der Waals surface area contributed by atoms with E-state index in [-0.39, 0.29) is 17.7 Å². The summed E-state index contributed by atoms with van der Waals surface area (Å²) in [5.74, 6) is -0.384. The highest BCUT2D eigenvalue weighted by atomic mass is 19.1. The molecular formula is C29H27F2N3O5. The number of amides is 2. The predicted molar refractivity (Wildman–Crippen MR) is 140 cm³/mol. The van der Waals surface area contributed by atoms with Crippen molar-refractivity contribution < 1.29 is 32.6 Å². The van der Waals surface area contributed by atoms with Crippen LogP contribution < -0.4 is 25.3 Å². The number of carbonyl (C=O) groups excluding carboxylic acids is 2. The van der Waals surface area contributed by atoms with Crippen LogP contribution in [0.1, 0.15) is 30.4 Å². The third-order valence-electron chi connectivity index (χ3n) is 7.26. The number of nitrogens with zero attached hydrogens (tertiary/aromatic N) is 1. The highest BCUT2D eigenvalue weighted by molar-refractivity contribution is 6.07. The molecule has 1 heterocycles. The van der Waals surface area contributed by atoms with Crippen molar-refractivity contribution in [3.63, 3.8) is 0 Å². The first-order valence-corrected chi connectivity index (χ1v) is 12.3. The molecule has 0 bridgehead atoms. The maximum atomic E-state index is 16.2. The Bertz CT molecular complexity index is 1560. The quantitative estimate of drug-likeness (QED) is 0.398. The summed E-state index contributed by atoms with van der Waals surface area (Å²) in [4.78, 5) is 28.5. The molecule has 1 fully saturated rings. The van der Waals surface area contributed by atoms with Crippen LogP contribution >= 0.6 is 0 Å². The molecule has 0 aliphatic heterocycles. The molecular weight excluding hydrogens is 508 g/mol. The zero-order valence-electron chi connectivity index (χ0n) is 21.6. The van der Waals surface area contributed by atoms with E-state index in [1.54, 1.807) is 31.3 Å². The Morgan fingerprint density at radius 3 is 2.38 bits per heavy atom. The number of nitrogens with one attached hydrogen (secondary N) is 1. The van der Waals surface area contributed by atoms with Crippen molar-refractivity contribution in [1.82, 2.24) is 10.3 Å². The third kappa shape index (κ3) is 4.67. The number of nitrogens with two attached hydrogens (primary N) is 1. The lowest BCUT2D eigenvalue weighted by Gasteiger charge is -2.27. The number of allylic oxidation sites excluding steroid dienone is 3. The second-order valence-corrected chi connectivity index (χ2v) is 9.67. The SMILES string of the molecule is COc1cc2nccc(Oc3cc(F)cc(C4(F)C=CC(NC(=O)C5(C(N)=O)CC5)=CC4)c3C)c2cc1OC. The van der Waals surface area contributed by atoms with Crippen molar-refractivity contribution in [3.05, 3.63) is 77.4 Å². The number of methoxy groups -OCH3 is 2. The summed E-state index contributed by atoms with van der Waals surface area (Å²) in [5, 5.41) is 3.24. The smallest absolute Gasteiger partial charge is 0.240 e. The fourth-order valence-electron chi connectivity index (χ4n) is 4.72. The van der Waals surface area contributed by atoms with Gasteiger partial charge in [0.15, 0.2) is 17.2 Å². The molecule has 1 saturated carbocycles. The second kappa shape index (κ2) is 9.68. The van der Waals surface area contributed by atoms with Crippen molar-refractivity contribution in [2.24, 2.45) is 11.1 Å². The van der Waals surface area contributed by atoms with Gasteiger partial charge in [-0.15, -0.1) is 0 Å². The summed E-state index contributed by atoms with van der Waals surface area (Å²) in [6.07, 6.45) is 6.31. The summed E-state index contributed by atoms with van der Waals surface area (Å²) < 4.78 is 47.8. The minimum absolute atomic E-state index is 0.0868. The molecule has 3 N–H and O–H groups in total. The van der Waals surface area contributed by atoms with Gasteiger partial charge in [0.1, 0.15) is 22.7 Å². The molecule has 1 aromatic heterocycles. The molecule has 2 amide bonds. The number of rotatable bonds is 8. The van der Waals surface area contributed by atoms with Crippen LogP contribution in [0.4, 0.5) is 8.78 Å². The highest BCUT2D eigenvalue weighted by Gasteiger charge is 2.55. The van der Waals surface area contributed by atoms with Gasteiger partial charge >= 0.3 is 0 Å². The number of ether oxygens (including phenoxy) is 3. The summed E-state index contributed by atoms with van der Waals surface area (Å²) in [7, 11) is 3.03. The Labute approximate surface area is 223 Å². The Hall–Kier alpha value is -4.47. The van der Waals surface area contributed by atoms with Gasteiger partial charge < -0.3 is 25.3 Å². The van der Waals surface area contributed by atoms with Crippen molar-refractivity contribution in [2.75, 3.05) is 14.2 Å². The topological polar surface area (TPSA) is 113 Å². The van der Waals surface area contributed by atoms with E-state index in [1.807, 2.05) is 0 Å². The predicted octanol–water partition coefficient (Wildman–Crippen LogP) is 4.88. The van der Waals surface area contributed by atoms with E-state index < -0.39 is 28.7 Å². The molecule has 0 spiro atoms. The van der Waals surface area contributed by atoms with Crippen molar-refractivity contribution in [2.45, 2.75) is 31.9 Å². The van der Waals surface area contributed by atoms with E-state index in [9.17, 15) is 14.0 Å². The lowest BCUT2D eigenvalue weighted by atomic mass is 9.85. The largest absolute Gasteiger partial charge is 0.493 e. The minimum Gasteiger partial charge on any atom is -0.493 e. The summed E-state index contributed by atoms with van der Waals surface area (Å²) in [5.41, 5.74) is 3.51. The van der Waals surface area contributed by atoms with Gasteiger partial charge in [-0.3, -0.25) is 14.6 Å². The number of hydrogen-bond acceptors (Lipinski definition) is 6. The number of alkyl halides is 1. The van der Waals surface area contributed by atoms with Crippen LogP contribution in [0.3, 0.4) is 0 Å². The fourth-order valence-corrected chi connectivity index (χ4v) is 4.72. The lowest BCUT2D eigenvalue weighted by Crippen LogP contribution is -2.40. The highest BCUT2D eigenvalue weighted by Crippen LogP contribution is 2.46. The Balaban J connectivity index is 1.43. The number of pyridine rings is 1. The van der Waals surface area contributed by atoms with Crippen LogP contribution in [0.25, 0.3) is 10.9 Å². The summed E-state index contributed by atoms with van der Waals surface area (Å²) in [6.45, 7) is 1.65. The Kier molecular flexibility index (Phi) is 6.49. The van der Waals surface area contributed by atoms with Crippen LogP contribution in [0, 0.1) is 18.2 Å². The van der Waals surface area contributed by atoms with E-state index >= 15 is 4.39 Å². The van der Waals surface area contributed by atoms with Crippen molar-refractivity contribution in [1.29, 1.82) is 0 Å². The molecule has 0 saturated heterocycles. The number of benzene rings is 2. The van der Waals surface area contributed by atoms with Crippen LogP contribution in [0.5, 0.6) is 23.0 Å². The molecule has 3 aromatic rings. The van der Waals surface area contributed by atoms with Crippen LogP contribution in [-0.4, -0.2) is 31.0 Å². The third-order valence-corrected chi connectivity index (χ3v) is 7.26. The molecule has 1 atom stereocenters. The van der Waals surface area contributed by atoms with Gasteiger partial charge in [-0.1, -0.05) is 6.08 Å². The zero-order valence-corrected chi connectivity index (χ0v) is 21.6.